The molecule has 3 rings (SSSR count). The topological polar surface area (TPSA) is 46.3 Å². The van der Waals surface area contributed by atoms with Gasteiger partial charge in [0.1, 0.15) is 11.3 Å². The number of aliphatic hydroxyl groups is 1. The number of hydrogen-bond donors (Lipinski definition) is 1. The van der Waals surface area contributed by atoms with E-state index < -0.39 is 6.10 Å². The molecular formula is C16H14FNO2. The van der Waals surface area contributed by atoms with Crippen molar-refractivity contribution >= 4 is 11.1 Å². The number of oxazole rings is 1. The van der Waals surface area contributed by atoms with Crippen LogP contribution < -0.4 is 0 Å². The number of halogens is 1. The van der Waals surface area contributed by atoms with Crippen molar-refractivity contribution in [3.05, 3.63) is 65.3 Å². The quantitative estimate of drug-likeness (QED) is 0.792. The van der Waals surface area contributed by atoms with Gasteiger partial charge >= 0.3 is 0 Å². The van der Waals surface area contributed by atoms with Crippen LogP contribution in [0.25, 0.3) is 11.1 Å². The summed E-state index contributed by atoms with van der Waals surface area (Å²) in [5, 5.41) is 10.1. The monoisotopic (exact) mass is 271 g/mol. The van der Waals surface area contributed by atoms with Crippen molar-refractivity contribution in [2.75, 3.05) is 0 Å². The van der Waals surface area contributed by atoms with Crippen molar-refractivity contribution in [2.24, 2.45) is 0 Å². The Hall–Kier alpha value is -2.20. The fourth-order valence-corrected chi connectivity index (χ4v) is 2.11. The van der Waals surface area contributed by atoms with E-state index in [0.29, 0.717) is 22.6 Å². The van der Waals surface area contributed by atoms with Crippen LogP contribution in [0.1, 0.15) is 23.1 Å². The van der Waals surface area contributed by atoms with Crippen molar-refractivity contribution in [3.8, 4) is 0 Å². The van der Waals surface area contributed by atoms with E-state index in [-0.39, 0.29) is 12.2 Å². The van der Waals surface area contributed by atoms with Crippen LogP contribution in [0, 0.1) is 12.7 Å². The van der Waals surface area contributed by atoms with Gasteiger partial charge in [-0.05, 0) is 36.2 Å². The average molecular weight is 271 g/mol. The van der Waals surface area contributed by atoms with Gasteiger partial charge < -0.3 is 9.52 Å². The summed E-state index contributed by atoms with van der Waals surface area (Å²) in [7, 11) is 0. The second kappa shape index (κ2) is 5.06. The molecule has 0 saturated carbocycles. The summed E-state index contributed by atoms with van der Waals surface area (Å²) in [5.41, 5.74) is 2.52. The van der Waals surface area contributed by atoms with E-state index in [0.717, 1.165) is 5.52 Å². The molecule has 1 unspecified atom stereocenters. The van der Waals surface area contributed by atoms with Gasteiger partial charge in [-0.3, -0.25) is 0 Å². The Morgan fingerprint density at radius 2 is 2.05 bits per heavy atom. The van der Waals surface area contributed by atoms with Gasteiger partial charge in [0.05, 0.1) is 12.5 Å². The number of rotatable bonds is 3. The lowest BCUT2D eigenvalue weighted by Gasteiger charge is -2.09. The summed E-state index contributed by atoms with van der Waals surface area (Å²) < 4.78 is 19.0. The smallest absolute Gasteiger partial charge is 0.198 e. The summed E-state index contributed by atoms with van der Waals surface area (Å²) in [6.45, 7) is 1.69. The highest BCUT2D eigenvalue weighted by atomic mass is 19.1. The molecule has 0 saturated heterocycles. The van der Waals surface area contributed by atoms with Gasteiger partial charge in [-0.1, -0.05) is 24.3 Å². The third kappa shape index (κ3) is 2.42. The van der Waals surface area contributed by atoms with E-state index in [2.05, 4.69) is 4.98 Å². The Morgan fingerprint density at radius 1 is 1.25 bits per heavy atom. The van der Waals surface area contributed by atoms with Gasteiger partial charge in [0.15, 0.2) is 11.5 Å². The summed E-state index contributed by atoms with van der Waals surface area (Å²) in [6, 6.07) is 12.1. The van der Waals surface area contributed by atoms with Crippen molar-refractivity contribution < 1.29 is 13.9 Å². The average Bonchev–Trinajstić information content (AvgIpc) is 2.83. The number of hydrogen-bond acceptors (Lipinski definition) is 3. The highest BCUT2D eigenvalue weighted by Gasteiger charge is 2.14. The molecule has 2 aromatic carbocycles. The van der Waals surface area contributed by atoms with Gasteiger partial charge in [0.25, 0.3) is 0 Å². The third-order valence-electron chi connectivity index (χ3n) is 3.29. The molecule has 20 heavy (non-hydrogen) atoms. The fourth-order valence-electron chi connectivity index (χ4n) is 2.11. The molecule has 0 bridgehead atoms. The molecule has 1 atom stereocenters. The van der Waals surface area contributed by atoms with Gasteiger partial charge in [-0.15, -0.1) is 0 Å². The van der Waals surface area contributed by atoms with Gasteiger partial charge in [0.2, 0.25) is 0 Å². The van der Waals surface area contributed by atoms with Crippen molar-refractivity contribution in [3.63, 3.8) is 0 Å². The molecule has 0 radical (unpaired) electrons. The normalized spacial score (nSPS) is 12.8. The van der Waals surface area contributed by atoms with Crippen LogP contribution in [-0.2, 0) is 6.42 Å². The molecule has 0 aliphatic heterocycles. The van der Waals surface area contributed by atoms with Crippen molar-refractivity contribution in [1.29, 1.82) is 0 Å². The lowest BCUT2D eigenvalue weighted by molar-refractivity contribution is 0.169. The first-order chi connectivity index (χ1) is 9.63. The van der Waals surface area contributed by atoms with E-state index in [9.17, 15) is 9.50 Å². The summed E-state index contributed by atoms with van der Waals surface area (Å²) in [6.07, 6.45) is -0.616. The standard InChI is InChI=1S/C16H14FNO2/c1-10-6-7-11(8-12(10)17)14(19)9-16-18-13-4-2-3-5-15(13)20-16/h2-8,14,19H,9H2,1H3. The lowest BCUT2D eigenvalue weighted by atomic mass is 10.0. The molecule has 1 N–H and O–H groups in total. The molecule has 1 heterocycles. The van der Waals surface area contributed by atoms with E-state index in [4.69, 9.17) is 4.42 Å². The highest BCUT2D eigenvalue weighted by molar-refractivity contribution is 5.72. The maximum atomic E-state index is 13.5. The van der Waals surface area contributed by atoms with Crippen LogP contribution in [0.4, 0.5) is 4.39 Å². The van der Waals surface area contributed by atoms with Crippen LogP contribution in [0.15, 0.2) is 46.9 Å². The largest absolute Gasteiger partial charge is 0.441 e. The third-order valence-corrected chi connectivity index (χ3v) is 3.29. The predicted molar refractivity (Wildman–Crippen MR) is 73.8 cm³/mol. The Kier molecular flexibility index (Phi) is 3.24. The molecule has 0 aliphatic rings. The van der Waals surface area contributed by atoms with Crippen molar-refractivity contribution in [2.45, 2.75) is 19.4 Å². The van der Waals surface area contributed by atoms with Crippen LogP contribution in [0.3, 0.4) is 0 Å². The molecule has 102 valence electrons. The SMILES string of the molecule is Cc1ccc(C(O)Cc2nc3ccccc3o2)cc1F. The van der Waals surface area contributed by atoms with Gasteiger partial charge in [-0.2, -0.15) is 0 Å². The molecule has 3 nitrogen and oxygen atoms in total. The first-order valence-corrected chi connectivity index (χ1v) is 6.42. The minimum absolute atomic E-state index is 0.219. The number of para-hydroxylation sites is 2. The van der Waals surface area contributed by atoms with Crippen LogP contribution in [0.2, 0.25) is 0 Å². The predicted octanol–water partition coefficient (Wildman–Crippen LogP) is 3.55. The molecular weight excluding hydrogens is 257 g/mol. The van der Waals surface area contributed by atoms with E-state index in [1.54, 1.807) is 19.1 Å². The maximum Gasteiger partial charge on any atom is 0.198 e. The highest BCUT2D eigenvalue weighted by Crippen LogP contribution is 2.22. The first kappa shape index (κ1) is 12.8. The second-order valence-corrected chi connectivity index (χ2v) is 4.80. The Labute approximate surface area is 115 Å². The van der Waals surface area contributed by atoms with E-state index in [1.165, 1.54) is 6.07 Å². The van der Waals surface area contributed by atoms with Gasteiger partial charge in [-0.25, -0.2) is 9.37 Å². The van der Waals surface area contributed by atoms with Crippen molar-refractivity contribution in [1.82, 2.24) is 4.98 Å². The zero-order valence-electron chi connectivity index (χ0n) is 11.0. The molecule has 0 fully saturated rings. The summed E-state index contributed by atoms with van der Waals surface area (Å²) in [4.78, 5) is 4.30. The fraction of sp³-hybridized carbons (Fsp3) is 0.188. The number of aliphatic hydroxyl groups excluding tert-OH is 1. The molecule has 3 aromatic rings. The number of aromatic nitrogens is 1. The minimum atomic E-state index is -0.835. The van der Waals surface area contributed by atoms with Crippen LogP contribution in [-0.4, -0.2) is 10.1 Å². The summed E-state index contributed by atoms with van der Waals surface area (Å²) >= 11 is 0. The number of fused-ring (bicyclic) bond motifs is 1. The Balaban J connectivity index is 1.84. The zero-order valence-corrected chi connectivity index (χ0v) is 11.0. The molecule has 0 amide bonds. The minimum Gasteiger partial charge on any atom is -0.441 e. The molecule has 1 aromatic heterocycles. The molecule has 0 aliphatic carbocycles. The number of nitrogens with zero attached hydrogens (tertiary/aromatic N) is 1. The zero-order chi connectivity index (χ0) is 14.1. The maximum absolute atomic E-state index is 13.5. The molecule has 4 heteroatoms. The number of aryl methyl sites for hydroxylation is 1. The second-order valence-electron chi connectivity index (χ2n) is 4.80. The Bertz CT molecular complexity index is 718. The Morgan fingerprint density at radius 3 is 2.80 bits per heavy atom. The lowest BCUT2D eigenvalue weighted by Crippen LogP contribution is -2.03. The van der Waals surface area contributed by atoms with Crippen LogP contribution >= 0.6 is 0 Å². The van der Waals surface area contributed by atoms with E-state index >= 15 is 0 Å². The molecule has 0 spiro atoms. The van der Waals surface area contributed by atoms with Crippen LogP contribution in [0.5, 0.6) is 0 Å². The van der Waals surface area contributed by atoms with Gasteiger partial charge in [0, 0.05) is 0 Å². The summed E-state index contributed by atoms with van der Waals surface area (Å²) in [5.74, 6) is 0.124. The first-order valence-electron chi connectivity index (χ1n) is 6.42. The number of benzene rings is 2. The van der Waals surface area contributed by atoms with E-state index in [1.807, 2.05) is 24.3 Å².